The molecule has 2 nitrogen and oxygen atoms in total. The summed E-state index contributed by atoms with van der Waals surface area (Å²) < 4.78 is 5.66. The van der Waals surface area contributed by atoms with Crippen LogP contribution in [0.3, 0.4) is 0 Å². The second-order valence-electron chi connectivity index (χ2n) is 4.53. The number of hydrogen-bond donors (Lipinski definition) is 0. The van der Waals surface area contributed by atoms with Gasteiger partial charge in [-0.2, -0.15) is 0 Å². The monoisotopic (exact) mass is 220 g/mol. The van der Waals surface area contributed by atoms with Gasteiger partial charge in [-0.25, -0.2) is 0 Å². The summed E-state index contributed by atoms with van der Waals surface area (Å²) in [5.74, 6) is 2.29. The van der Waals surface area contributed by atoms with Crippen LogP contribution in [-0.2, 0) is 0 Å². The van der Waals surface area contributed by atoms with Gasteiger partial charge in [-0.15, -0.1) is 0 Å². The first-order valence-corrected chi connectivity index (χ1v) is 5.77. The molecular formula is C14H22NO. The van der Waals surface area contributed by atoms with Crippen molar-refractivity contribution in [3.8, 4) is 5.75 Å². The molecule has 0 saturated carbocycles. The van der Waals surface area contributed by atoms with Crippen molar-refractivity contribution in [2.45, 2.75) is 20.3 Å². The molecule has 0 heterocycles. The quantitative estimate of drug-likeness (QED) is 0.683. The lowest BCUT2D eigenvalue weighted by Crippen LogP contribution is -2.15. The molecule has 0 bridgehead atoms. The number of hydrogen-bond acceptors (Lipinski definition) is 2. The standard InChI is InChI=1S/C14H22NO/c1-12(2)13-6-8-14(9-7-13)16-11-5-10-15(3)4/h6-9H,5,10-11H2,1-4H3. The van der Waals surface area contributed by atoms with Gasteiger partial charge < -0.3 is 9.64 Å². The van der Waals surface area contributed by atoms with E-state index in [1.165, 1.54) is 11.5 Å². The van der Waals surface area contributed by atoms with Crippen LogP contribution in [0, 0.1) is 5.92 Å². The van der Waals surface area contributed by atoms with Gasteiger partial charge in [-0.3, -0.25) is 0 Å². The molecule has 0 aliphatic heterocycles. The highest BCUT2D eigenvalue weighted by atomic mass is 16.5. The molecule has 1 rings (SSSR count). The van der Waals surface area contributed by atoms with Crippen LogP contribution in [0.4, 0.5) is 0 Å². The zero-order chi connectivity index (χ0) is 12.0. The summed E-state index contributed by atoms with van der Waals surface area (Å²) in [4.78, 5) is 2.17. The Labute approximate surface area is 99.2 Å². The van der Waals surface area contributed by atoms with Gasteiger partial charge in [0.25, 0.3) is 0 Å². The highest BCUT2D eigenvalue weighted by Crippen LogP contribution is 2.17. The smallest absolute Gasteiger partial charge is 0.119 e. The van der Waals surface area contributed by atoms with Crippen LogP contribution in [0.5, 0.6) is 5.75 Å². The number of ether oxygens (including phenoxy) is 1. The highest BCUT2D eigenvalue weighted by molar-refractivity contribution is 5.34. The van der Waals surface area contributed by atoms with E-state index in [1.807, 2.05) is 12.1 Å². The first-order valence-electron chi connectivity index (χ1n) is 5.77. The first-order chi connectivity index (χ1) is 7.59. The molecule has 0 aliphatic carbocycles. The molecule has 0 saturated heterocycles. The van der Waals surface area contributed by atoms with E-state index in [0.717, 1.165) is 25.3 Å². The Bertz CT molecular complexity index is 290. The van der Waals surface area contributed by atoms with Crippen LogP contribution >= 0.6 is 0 Å². The van der Waals surface area contributed by atoms with Crippen LogP contribution in [0.2, 0.25) is 0 Å². The number of rotatable bonds is 6. The lowest BCUT2D eigenvalue weighted by Gasteiger charge is -2.11. The SMILES string of the molecule is C[C](C)c1ccc(OCCCN(C)C)cc1. The Balaban J connectivity index is 2.32. The maximum atomic E-state index is 5.66. The Morgan fingerprint density at radius 1 is 1.12 bits per heavy atom. The number of benzene rings is 1. The molecule has 0 unspecified atom stereocenters. The van der Waals surface area contributed by atoms with E-state index in [4.69, 9.17) is 4.74 Å². The third-order valence-corrected chi connectivity index (χ3v) is 2.45. The van der Waals surface area contributed by atoms with E-state index in [1.54, 1.807) is 0 Å². The third-order valence-electron chi connectivity index (χ3n) is 2.45. The van der Waals surface area contributed by atoms with Crippen molar-refractivity contribution in [2.75, 3.05) is 27.2 Å². The average molecular weight is 220 g/mol. The zero-order valence-corrected chi connectivity index (χ0v) is 10.8. The van der Waals surface area contributed by atoms with E-state index in [-0.39, 0.29) is 0 Å². The lowest BCUT2D eigenvalue weighted by molar-refractivity contribution is 0.281. The molecule has 16 heavy (non-hydrogen) atoms. The van der Waals surface area contributed by atoms with E-state index >= 15 is 0 Å². The molecule has 0 fully saturated rings. The molecule has 0 spiro atoms. The number of nitrogens with zero attached hydrogens (tertiary/aromatic N) is 1. The molecule has 0 N–H and O–H groups in total. The summed E-state index contributed by atoms with van der Waals surface area (Å²) >= 11 is 0. The minimum absolute atomic E-state index is 0.784. The summed E-state index contributed by atoms with van der Waals surface area (Å²) in [5.41, 5.74) is 1.28. The predicted molar refractivity (Wildman–Crippen MR) is 68.8 cm³/mol. The maximum absolute atomic E-state index is 5.66. The summed E-state index contributed by atoms with van der Waals surface area (Å²) in [6.07, 6.45) is 1.06. The second kappa shape index (κ2) is 6.54. The van der Waals surface area contributed by atoms with Gasteiger partial charge in [0.05, 0.1) is 6.61 Å². The van der Waals surface area contributed by atoms with E-state index in [9.17, 15) is 0 Å². The van der Waals surface area contributed by atoms with E-state index in [0.29, 0.717) is 0 Å². The lowest BCUT2D eigenvalue weighted by atomic mass is 10.0. The van der Waals surface area contributed by atoms with Crippen LogP contribution in [0.25, 0.3) is 0 Å². The first kappa shape index (κ1) is 13.0. The summed E-state index contributed by atoms with van der Waals surface area (Å²) in [6, 6.07) is 8.29. The fourth-order valence-electron chi connectivity index (χ4n) is 1.46. The second-order valence-corrected chi connectivity index (χ2v) is 4.53. The fourth-order valence-corrected chi connectivity index (χ4v) is 1.46. The molecule has 1 aromatic carbocycles. The Hall–Kier alpha value is -1.02. The van der Waals surface area contributed by atoms with Crippen molar-refractivity contribution in [2.24, 2.45) is 0 Å². The van der Waals surface area contributed by atoms with E-state index < -0.39 is 0 Å². The van der Waals surface area contributed by atoms with Crippen LogP contribution in [0.1, 0.15) is 25.8 Å². The molecular weight excluding hydrogens is 198 g/mol. The Kier molecular flexibility index (Phi) is 5.33. The van der Waals surface area contributed by atoms with Crippen molar-refractivity contribution in [1.82, 2.24) is 4.90 Å². The molecule has 0 aromatic heterocycles. The Morgan fingerprint density at radius 2 is 1.75 bits per heavy atom. The zero-order valence-electron chi connectivity index (χ0n) is 10.8. The summed E-state index contributed by atoms with van der Waals surface area (Å²) in [5, 5.41) is 0. The largest absolute Gasteiger partial charge is 0.494 e. The minimum Gasteiger partial charge on any atom is -0.494 e. The average Bonchev–Trinajstić information content (AvgIpc) is 2.25. The van der Waals surface area contributed by atoms with Gasteiger partial charge in [0.15, 0.2) is 0 Å². The summed E-state index contributed by atoms with van der Waals surface area (Å²) in [6.45, 7) is 6.09. The molecule has 0 amide bonds. The molecule has 1 radical (unpaired) electrons. The normalized spacial score (nSPS) is 11.1. The van der Waals surface area contributed by atoms with E-state index in [2.05, 4.69) is 45.0 Å². The van der Waals surface area contributed by atoms with Gasteiger partial charge in [0, 0.05) is 6.54 Å². The minimum atomic E-state index is 0.784. The fraction of sp³-hybridized carbons (Fsp3) is 0.500. The summed E-state index contributed by atoms with van der Waals surface area (Å²) in [7, 11) is 4.16. The van der Waals surface area contributed by atoms with Crippen molar-refractivity contribution in [3.05, 3.63) is 35.7 Å². The molecule has 1 aromatic rings. The topological polar surface area (TPSA) is 12.5 Å². The van der Waals surface area contributed by atoms with Crippen molar-refractivity contribution in [1.29, 1.82) is 0 Å². The van der Waals surface area contributed by atoms with Crippen LogP contribution in [0.15, 0.2) is 24.3 Å². The van der Waals surface area contributed by atoms with Crippen LogP contribution < -0.4 is 4.74 Å². The predicted octanol–water partition coefficient (Wildman–Crippen LogP) is 2.98. The molecule has 2 heteroatoms. The van der Waals surface area contributed by atoms with Gasteiger partial charge >= 0.3 is 0 Å². The van der Waals surface area contributed by atoms with Crippen LogP contribution in [-0.4, -0.2) is 32.1 Å². The Morgan fingerprint density at radius 3 is 2.25 bits per heavy atom. The molecule has 89 valence electrons. The van der Waals surface area contributed by atoms with Gasteiger partial charge in [0.2, 0.25) is 0 Å². The van der Waals surface area contributed by atoms with Gasteiger partial charge in [0.1, 0.15) is 5.75 Å². The maximum Gasteiger partial charge on any atom is 0.119 e. The van der Waals surface area contributed by atoms with Gasteiger partial charge in [-0.05, 0) is 44.1 Å². The highest BCUT2D eigenvalue weighted by Gasteiger charge is 1.99. The molecule has 0 aliphatic rings. The van der Waals surface area contributed by atoms with Crippen molar-refractivity contribution >= 4 is 0 Å². The van der Waals surface area contributed by atoms with Crippen molar-refractivity contribution in [3.63, 3.8) is 0 Å². The molecule has 0 atom stereocenters. The van der Waals surface area contributed by atoms with Gasteiger partial charge in [-0.1, -0.05) is 26.0 Å². The van der Waals surface area contributed by atoms with Crippen molar-refractivity contribution < 1.29 is 4.74 Å². The third kappa shape index (κ3) is 4.67.